The third-order valence-corrected chi connectivity index (χ3v) is 1.86. The number of aryl methyl sites for hydroxylation is 1. The van der Waals surface area contributed by atoms with Crippen LogP contribution in [0.1, 0.15) is 18.9 Å². The number of carbonyl (C=O) groups is 2. The Kier molecular flexibility index (Phi) is 3.85. The number of rotatable bonds is 4. The monoisotopic (exact) mass is 191 g/mol. The van der Waals surface area contributed by atoms with Crippen molar-refractivity contribution in [1.82, 2.24) is 0 Å². The number of aldehydes is 1. The van der Waals surface area contributed by atoms with Crippen molar-refractivity contribution in [3.05, 3.63) is 29.8 Å². The minimum absolute atomic E-state index is 0.0939. The number of carbonyl (C=O) groups excluding carboxylic acids is 2. The van der Waals surface area contributed by atoms with E-state index in [1.165, 1.54) is 6.92 Å². The summed E-state index contributed by atoms with van der Waals surface area (Å²) in [5.74, 6) is -0.0939. The zero-order valence-corrected chi connectivity index (χ0v) is 8.12. The van der Waals surface area contributed by atoms with Crippen LogP contribution in [0.15, 0.2) is 24.3 Å². The first-order valence-corrected chi connectivity index (χ1v) is 4.53. The molecule has 3 heteroatoms. The predicted octanol–water partition coefficient (Wildman–Crippen LogP) is 1.78. The van der Waals surface area contributed by atoms with Crippen molar-refractivity contribution in [1.29, 1.82) is 0 Å². The fourth-order valence-corrected chi connectivity index (χ4v) is 1.26. The van der Waals surface area contributed by atoms with Gasteiger partial charge in [0.15, 0.2) is 0 Å². The van der Waals surface area contributed by atoms with Crippen LogP contribution in [-0.2, 0) is 16.0 Å². The molecule has 1 amide bonds. The Labute approximate surface area is 83.1 Å². The summed E-state index contributed by atoms with van der Waals surface area (Å²) >= 11 is 0. The maximum atomic E-state index is 10.9. The molecule has 0 saturated carbocycles. The Morgan fingerprint density at radius 1 is 1.43 bits per heavy atom. The maximum absolute atomic E-state index is 10.9. The van der Waals surface area contributed by atoms with Gasteiger partial charge in [0, 0.05) is 19.0 Å². The maximum Gasteiger partial charge on any atom is 0.221 e. The quantitative estimate of drug-likeness (QED) is 0.737. The summed E-state index contributed by atoms with van der Waals surface area (Å²) in [7, 11) is 0. The Bertz CT molecular complexity index is 334. The molecule has 74 valence electrons. The second kappa shape index (κ2) is 5.17. The summed E-state index contributed by atoms with van der Waals surface area (Å²) in [4.78, 5) is 21.1. The number of anilines is 1. The van der Waals surface area contributed by atoms with E-state index in [1.807, 2.05) is 24.3 Å². The summed E-state index contributed by atoms with van der Waals surface area (Å²) < 4.78 is 0. The Balaban J connectivity index is 2.79. The van der Waals surface area contributed by atoms with Crippen molar-refractivity contribution in [2.75, 3.05) is 5.32 Å². The highest BCUT2D eigenvalue weighted by molar-refractivity contribution is 5.89. The van der Waals surface area contributed by atoms with Crippen molar-refractivity contribution in [2.45, 2.75) is 19.8 Å². The molecule has 0 saturated heterocycles. The predicted molar refractivity (Wildman–Crippen MR) is 55.1 cm³/mol. The molecule has 0 aliphatic rings. The van der Waals surface area contributed by atoms with E-state index in [0.717, 1.165) is 17.5 Å². The second-order valence-electron chi connectivity index (χ2n) is 3.04. The Morgan fingerprint density at radius 2 is 2.14 bits per heavy atom. The largest absolute Gasteiger partial charge is 0.326 e. The molecule has 0 aliphatic heterocycles. The highest BCUT2D eigenvalue weighted by Crippen LogP contribution is 2.16. The lowest BCUT2D eigenvalue weighted by atomic mass is 10.1. The second-order valence-corrected chi connectivity index (χ2v) is 3.04. The van der Waals surface area contributed by atoms with Crippen LogP contribution in [0, 0.1) is 0 Å². The van der Waals surface area contributed by atoms with E-state index < -0.39 is 0 Å². The van der Waals surface area contributed by atoms with Gasteiger partial charge >= 0.3 is 0 Å². The first kappa shape index (κ1) is 10.4. The number of hydrogen-bond acceptors (Lipinski definition) is 2. The average Bonchev–Trinajstić information content (AvgIpc) is 2.16. The standard InChI is InChI=1S/C11H13NO2/c1-9(14)12-11-7-3-2-5-10(11)6-4-8-13/h2-3,5,7-8H,4,6H2,1H3,(H,12,14). The first-order chi connectivity index (χ1) is 6.74. The van der Waals surface area contributed by atoms with Gasteiger partial charge in [0.05, 0.1) is 0 Å². The number of benzene rings is 1. The van der Waals surface area contributed by atoms with E-state index in [1.54, 1.807) is 0 Å². The molecule has 0 fully saturated rings. The summed E-state index contributed by atoms with van der Waals surface area (Å²) in [6, 6.07) is 7.50. The van der Waals surface area contributed by atoms with Crippen molar-refractivity contribution in [3.8, 4) is 0 Å². The van der Waals surface area contributed by atoms with Crippen LogP contribution in [0.3, 0.4) is 0 Å². The van der Waals surface area contributed by atoms with Gasteiger partial charge < -0.3 is 10.1 Å². The molecule has 0 atom stereocenters. The molecule has 0 heterocycles. The number of nitrogens with one attached hydrogen (secondary N) is 1. The van der Waals surface area contributed by atoms with Crippen molar-refractivity contribution < 1.29 is 9.59 Å². The first-order valence-electron chi connectivity index (χ1n) is 4.53. The molecular formula is C11H13NO2. The minimum atomic E-state index is -0.0939. The summed E-state index contributed by atoms with van der Waals surface area (Å²) in [5.41, 5.74) is 1.79. The van der Waals surface area contributed by atoms with Crippen LogP contribution in [0.25, 0.3) is 0 Å². The molecular weight excluding hydrogens is 178 g/mol. The van der Waals surface area contributed by atoms with Crippen LogP contribution >= 0.6 is 0 Å². The van der Waals surface area contributed by atoms with Gasteiger partial charge in [0.1, 0.15) is 6.29 Å². The van der Waals surface area contributed by atoms with Gasteiger partial charge in [0.2, 0.25) is 5.91 Å². The highest BCUT2D eigenvalue weighted by atomic mass is 16.1. The van der Waals surface area contributed by atoms with Crippen LogP contribution < -0.4 is 5.32 Å². The van der Waals surface area contributed by atoms with Gasteiger partial charge in [-0.25, -0.2) is 0 Å². The molecule has 1 aromatic rings. The molecule has 1 N–H and O–H groups in total. The lowest BCUT2D eigenvalue weighted by Gasteiger charge is -2.07. The Morgan fingerprint density at radius 3 is 2.79 bits per heavy atom. The summed E-state index contributed by atoms with van der Waals surface area (Å²) in [6.45, 7) is 1.47. The van der Waals surface area contributed by atoms with Gasteiger partial charge in [-0.3, -0.25) is 4.79 Å². The molecule has 0 unspecified atom stereocenters. The molecule has 1 aromatic carbocycles. The van der Waals surface area contributed by atoms with E-state index in [4.69, 9.17) is 0 Å². The van der Waals surface area contributed by atoms with Crippen LogP contribution in [0.4, 0.5) is 5.69 Å². The third-order valence-electron chi connectivity index (χ3n) is 1.86. The minimum Gasteiger partial charge on any atom is -0.326 e. The van der Waals surface area contributed by atoms with Gasteiger partial charge in [-0.05, 0) is 18.1 Å². The van der Waals surface area contributed by atoms with Gasteiger partial charge in [-0.1, -0.05) is 18.2 Å². The van der Waals surface area contributed by atoms with E-state index in [0.29, 0.717) is 12.8 Å². The lowest BCUT2D eigenvalue weighted by Crippen LogP contribution is -2.08. The topological polar surface area (TPSA) is 46.2 Å². The van der Waals surface area contributed by atoms with Crippen molar-refractivity contribution >= 4 is 17.9 Å². The summed E-state index contributed by atoms with van der Waals surface area (Å²) in [5, 5.41) is 2.73. The zero-order valence-electron chi connectivity index (χ0n) is 8.12. The number of amides is 1. The highest BCUT2D eigenvalue weighted by Gasteiger charge is 2.01. The smallest absolute Gasteiger partial charge is 0.221 e. The Hall–Kier alpha value is -1.64. The molecule has 1 rings (SSSR count). The van der Waals surface area contributed by atoms with E-state index in [2.05, 4.69) is 5.32 Å². The molecule has 0 bridgehead atoms. The van der Waals surface area contributed by atoms with Gasteiger partial charge in [-0.2, -0.15) is 0 Å². The lowest BCUT2D eigenvalue weighted by molar-refractivity contribution is -0.114. The molecule has 0 aliphatic carbocycles. The van der Waals surface area contributed by atoms with E-state index in [9.17, 15) is 9.59 Å². The third kappa shape index (κ3) is 3.01. The zero-order chi connectivity index (χ0) is 10.4. The molecule has 0 spiro atoms. The fraction of sp³-hybridized carbons (Fsp3) is 0.273. The van der Waals surface area contributed by atoms with Gasteiger partial charge in [-0.15, -0.1) is 0 Å². The van der Waals surface area contributed by atoms with Crippen LogP contribution in [-0.4, -0.2) is 12.2 Å². The molecule has 0 aromatic heterocycles. The van der Waals surface area contributed by atoms with Gasteiger partial charge in [0.25, 0.3) is 0 Å². The normalized spacial score (nSPS) is 9.50. The number of hydrogen-bond donors (Lipinski definition) is 1. The SMILES string of the molecule is CC(=O)Nc1ccccc1CCC=O. The van der Waals surface area contributed by atoms with E-state index in [-0.39, 0.29) is 5.91 Å². The molecule has 14 heavy (non-hydrogen) atoms. The van der Waals surface area contributed by atoms with Crippen LogP contribution in [0.2, 0.25) is 0 Å². The van der Waals surface area contributed by atoms with E-state index >= 15 is 0 Å². The van der Waals surface area contributed by atoms with Crippen molar-refractivity contribution in [3.63, 3.8) is 0 Å². The van der Waals surface area contributed by atoms with Crippen LogP contribution in [0.5, 0.6) is 0 Å². The molecule has 0 radical (unpaired) electrons. The summed E-state index contributed by atoms with van der Waals surface area (Å²) in [6.07, 6.45) is 2.03. The average molecular weight is 191 g/mol. The number of para-hydroxylation sites is 1. The van der Waals surface area contributed by atoms with Crippen molar-refractivity contribution in [2.24, 2.45) is 0 Å². The fourth-order valence-electron chi connectivity index (χ4n) is 1.26. The molecule has 3 nitrogen and oxygen atoms in total.